The Balaban J connectivity index is 1.27. The summed E-state index contributed by atoms with van der Waals surface area (Å²) in [6.45, 7) is 0.998. The van der Waals surface area contributed by atoms with E-state index in [2.05, 4.69) is 71.6 Å². The number of carboxylic acid groups (broad SMARTS) is 1. The second-order valence-electron chi connectivity index (χ2n) is 10.4. The monoisotopic (exact) mass is 514 g/mol. The second kappa shape index (κ2) is 12.5. The van der Waals surface area contributed by atoms with E-state index in [0.29, 0.717) is 0 Å². The molecule has 0 atom stereocenters. The van der Waals surface area contributed by atoms with E-state index in [1.165, 1.54) is 71.8 Å². The number of hydrogen-bond donors (Lipinski definition) is 1. The zero-order chi connectivity index (χ0) is 27.0. The van der Waals surface area contributed by atoms with Gasteiger partial charge in [-0.1, -0.05) is 86.0 Å². The summed E-state index contributed by atoms with van der Waals surface area (Å²) >= 11 is 0. The Morgan fingerprint density at radius 3 is 2.28 bits per heavy atom. The van der Waals surface area contributed by atoms with Crippen molar-refractivity contribution in [2.24, 2.45) is 0 Å². The highest BCUT2D eigenvalue weighted by Crippen LogP contribution is 2.36. The third kappa shape index (κ3) is 6.38. The molecular weight excluding hydrogens is 480 g/mol. The Morgan fingerprint density at radius 1 is 0.872 bits per heavy atom. The Kier molecular flexibility index (Phi) is 8.39. The smallest absolute Gasteiger partial charge is 0.346 e. The quantitative estimate of drug-likeness (QED) is 0.195. The van der Waals surface area contributed by atoms with E-state index < -0.39 is 5.97 Å². The van der Waals surface area contributed by atoms with Crippen molar-refractivity contribution < 1.29 is 9.90 Å². The summed E-state index contributed by atoms with van der Waals surface area (Å²) in [6, 6.07) is 26.4. The van der Waals surface area contributed by atoms with E-state index in [1.54, 1.807) is 18.2 Å². The molecule has 0 aromatic heterocycles. The molecule has 0 spiro atoms. The van der Waals surface area contributed by atoms with E-state index in [1.807, 2.05) is 12.2 Å². The molecule has 3 aromatic carbocycles. The number of rotatable bonds is 7. The number of carbonyl (C=O) groups is 1. The number of fused-ring (bicyclic) bond motifs is 1. The van der Waals surface area contributed by atoms with Crippen molar-refractivity contribution in [3.63, 3.8) is 0 Å². The topological polar surface area (TPSA) is 64.3 Å². The minimum atomic E-state index is -1.22. The van der Waals surface area contributed by atoms with Gasteiger partial charge in [0.2, 0.25) is 0 Å². The van der Waals surface area contributed by atoms with Crippen LogP contribution >= 0.6 is 0 Å². The predicted octanol–water partition coefficient (Wildman–Crippen LogP) is 8.59. The predicted molar refractivity (Wildman–Crippen MR) is 159 cm³/mol. The molecule has 0 bridgehead atoms. The number of nitriles is 1. The molecule has 196 valence electrons. The molecule has 3 aromatic rings. The minimum Gasteiger partial charge on any atom is -0.477 e. The molecule has 0 radical (unpaired) electrons. The first-order chi connectivity index (χ1) is 19.1. The first-order valence-electron chi connectivity index (χ1n) is 13.9. The maximum atomic E-state index is 10.9. The SMILES string of the molecule is N#C\C(=C/C=C/C=C/c1ccc2c(c1)CCCN2c1ccc(-c2ccc(C3CCCCC3)cc2)cc1)C(=O)O. The van der Waals surface area contributed by atoms with Gasteiger partial charge in [0.1, 0.15) is 11.6 Å². The lowest BCUT2D eigenvalue weighted by Crippen LogP contribution is -2.24. The highest BCUT2D eigenvalue weighted by atomic mass is 16.4. The molecule has 1 heterocycles. The standard InChI is InChI=1S/C35H34N2O2/c36-25-32(35(38)39)11-6-1-3-8-26-13-22-34-31(24-26)12-7-23-37(34)33-20-18-30(19-21-33)29-16-14-28(15-17-29)27-9-4-2-5-10-27/h1,3,6,8,11,13-22,24,27H,2,4-5,7,9-10,12,23H2,(H,38,39)/b6-1+,8-3+,32-11+. The van der Waals surface area contributed by atoms with Gasteiger partial charge in [0.05, 0.1) is 0 Å². The average molecular weight is 515 g/mol. The molecule has 1 aliphatic carbocycles. The fourth-order valence-corrected chi connectivity index (χ4v) is 5.75. The molecule has 1 aliphatic heterocycles. The van der Waals surface area contributed by atoms with E-state index in [0.717, 1.165) is 30.9 Å². The van der Waals surface area contributed by atoms with Gasteiger partial charge in [-0.3, -0.25) is 0 Å². The summed E-state index contributed by atoms with van der Waals surface area (Å²) in [5, 5.41) is 17.7. The van der Waals surface area contributed by atoms with Gasteiger partial charge < -0.3 is 10.0 Å². The molecule has 2 aliphatic rings. The van der Waals surface area contributed by atoms with Crippen LogP contribution in [0.4, 0.5) is 11.4 Å². The van der Waals surface area contributed by atoms with Crippen LogP contribution in [0.1, 0.15) is 61.1 Å². The van der Waals surface area contributed by atoms with E-state index >= 15 is 0 Å². The Morgan fingerprint density at radius 2 is 1.59 bits per heavy atom. The van der Waals surface area contributed by atoms with Crippen molar-refractivity contribution in [2.75, 3.05) is 11.4 Å². The van der Waals surface area contributed by atoms with Gasteiger partial charge in [-0.2, -0.15) is 5.26 Å². The summed E-state index contributed by atoms with van der Waals surface area (Å²) < 4.78 is 0. The van der Waals surface area contributed by atoms with Crippen LogP contribution in [-0.2, 0) is 11.2 Å². The molecular formula is C35H34N2O2. The van der Waals surface area contributed by atoms with E-state index in [4.69, 9.17) is 10.4 Å². The highest BCUT2D eigenvalue weighted by Gasteiger charge is 2.19. The van der Waals surface area contributed by atoms with Crippen LogP contribution in [-0.4, -0.2) is 17.6 Å². The first kappa shape index (κ1) is 26.3. The third-order valence-corrected chi connectivity index (χ3v) is 7.85. The zero-order valence-electron chi connectivity index (χ0n) is 22.2. The van der Waals surface area contributed by atoms with Crippen LogP contribution in [0.2, 0.25) is 0 Å². The number of aliphatic carboxylic acids is 1. The Bertz CT molecular complexity index is 1430. The van der Waals surface area contributed by atoms with Crippen molar-refractivity contribution in [1.82, 2.24) is 0 Å². The average Bonchev–Trinajstić information content (AvgIpc) is 2.99. The van der Waals surface area contributed by atoms with Crippen LogP contribution in [0.3, 0.4) is 0 Å². The molecule has 1 saturated carbocycles. The maximum Gasteiger partial charge on any atom is 0.346 e. The van der Waals surface area contributed by atoms with Gasteiger partial charge >= 0.3 is 5.97 Å². The molecule has 0 saturated heterocycles. The Labute approximate surface area is 231 Å². The lowest BCUT2D eigenvalue weighted by atomic mass is 9.84. The van der Waals surface area contributed by atoms with Crippen molar-refractivity contribution in [2.45, 2.75) is 50.9 Å². The van der Waals surface area contributed by atoms with Crippen molar-refractivity contribution in [3.05, 3.63) is 113 Å². The van der Waals surface area contributed by atoms with Crippen LogP contribution in [0, 0.1) is 11.3 Å². The third-order valence-electron chi connectivity index (χ3n) is 7.85. The van der Waals surface area contributed by atoms with Crippen molar-refractivity contribution in [3.8, 4) is 17.2 Å². The zero-order valence-corrected chi connectivity index (χ0v) is 22.2. The fraction of sp³-hybridized carbons (Fsp3) is 0.257. The number of carboxylic acids is 1. The summed E-state index contributed by atoms with van der Waals surface area (Å²) in [5.41, 5.74) is 8.61. The van der Waals surface area contributed by atoms with Crippen molar-refractivity contribution >= 4 is 23.4 Å². The largest absolute Gasteiger partial charge is 0.477 e. The van der Waals surface area contributed by atoms with Gasteiger partial charge in [0, 0.05) is 17.9 Å². The number of benzene rings is 3. The number of nitrogens with zero attached hydrogens (tertiary/aromatic N) is 2. The number of allylic oxidation sites excluding steroid dienone is 4. The Hall–Kier alpha value is -4.36. The van der Waals surface area contributed by atoms with Gasteiger partial charge in [-0.25, -0.2) is 4.79 Å². The van der Waals surface area contributed by atoms with Gasteiger partial charge in [0.25, 0.3) is 0 Å². The molecule has 4 nitrogen and oxygen atoms in total. The molecule has 4 heteroatoms. The first-order valence-corrected chi connectivity index (χ1v) is 13.9. The van der Waals surface area contributed by atoms with Crippen LogP contribution in [0.5, 0.6) is 0 Å². The van der Waals surface area contributed by atoms with Gasteiger partial charge in [-0.05, 0) is 89.8 Å². The van der Waals surface area contributed by atoms with E-state index in [9.17, 15) is 4.79 Å². The summed E-state index contributed by atoms with van der Waals surface area (Å²) in [4.78, 5) is 13.3. The number of aryl methyl sites for hydroxylation is 1. The summed E-state index contributed by atoms with van der Waals surface area (Å²) in [5.74, 6) is -0.482. The van der Waals surface area contributed by atoms with E-state index in [-0.39, 0.29) is 5.57 Å². The van der Waals surface area contributed by atoms with Crippen molar-refractivity contribution in [1.29, 1.82) is 5.26 Å². The molecule has 5 rings (SSSR count). The van der Waals surface area contributed by atoms with Crippen LogP contribution in [0.15, 0.2) is 96.6 Å². The number of anilines is 2. The summed E-state index contributed by atoms with van der Waals surface area (Å²) in [7, 11) is 0. The summed E-state index contributed by atoms with van der Waals surface area (Å²) in [6.07, 6.45) is 17.4. The molecule has 1 fully saturated rings. The molecule has 0 amide bonds. The molecule has 1 N–H and O–H groups in total. The minimum absolute atomic E-state index is 0.283. The normalized spacial score (nSPS) is 16.4. The van der Waals surface area contributed by atoms with Crippen LogP contribution < -0.4 is 4.90 Å². The van der Waals surface area contributed by atoms with Gasteiger partial charge in [0.15, 0.2) is 0 Å². The number of hydrogen-bond acceptors (Lipinski definition) is 3. The van der Waals surface area contributed by atoms with Gasteiger partial charge in [-0.15, -0.1) is 0 Å². The fourth-order valence-electron chi connectivity index (χ4n) is 5.75. The molecule has 39 heavy (non-hydrogen) atoms. The van der Waals surface area contributed by atoms with Crippen LogP contribution in [0.25, 0.3) is 17.2 Å². The maximum absolute atomic E-state index is 10.9. The lowest BCUT2D eigenvalue weighted by Gasteiger charge is -2.31. The molecule has 0 unspecified atom stereocenters. The lowest BCUT2D eigenvalue weighted by molar-refractivity contribution is -0.132. The second-order valence-corrected chi connectivity index (χ2v) is 10.4. The highest BCUT2D eigenvalue weighted by molar-refractivity contribution is 5.91.